The van der Waals surface area contributed by atoms with Crippen LogP contribution in [0.3, 0.4) is 0 Å². The van der Waals surface area contributed by atoms with Crippen LogP contribution < -0.4 is 4.90 Å². The Morgan fingerprint density at radius 2 is 2.17 bits per heavy atom. The van der Waals surface area contributed by atoms with Gasteiger partial charge in [-0.2, -0.15) is 0 Å². The van der Waals surface area contributed by atoms with Gasteiger partial charge in [-0.3, -0.25) is 4.90 Å². The largest absolute Gasteiger partial charge is 0.395 e. The molecule has 4 heteroatoms. The van der Waals surface area contributed by atoms with E-state index < -0.39 is 0 Å². The summed E-state index contributed by atoms with van der Waals surface area (Å²) in [5, 5.41) is 9.48. The highest BCUT2D eigenvalue weighted by Crippen LogP contribution is 2.28. The van der Waals surface area contributed by atoms with Crippen molar-refractivity contribution in [3.63, 3.8) is 0 Å². The van der Waals surface area contributed by atoms with Crippen LogP contribution >= 0.6 is 15.9 Å². The van der Waals surface area contributed by atoms with Crippen molar-refractivity contribution in [2.75, 3.05) is 38.2 Å². The summed E-state index contributed by atoms with van der Waals surface area (Å²) in [5.41, 5.74) is 2.49. The summed E-state index contributed by atoms with van der Waals surface area (Å²) >= 11 is 3.65. The first kappa shape index (κ1) is 13.8. The minimum absolute atomic E-state index is 0.219. The molecule has 0 bridgehead atoms. The summed E-state index contributed by atoms with van der Waals surface area (Å²) in [5.74, 6) is 0. The monoisotopic (exact) mass is 312 g/mol. The zero-order chi connectivity index (χ0) is 13.1. The van der Waals surface area contributed by atoms with E-state index in [4.69, 9.17) is 0 Å². The van der Waals surface area contributed by atoms with Crippen molar-refractivity contribution in [3.8, 4) is 0 Å². The molecule has 0 aromatic heterocycles. The lowest BCUT2D eigenvalue weighted by molar-refractivity contribution is 0.159. The SMILES string of the molecule is Cc1ccc(N2CCCN(C)C(CO)C2)c(Br)c1. The second kappa shape index (κ2) is 6.04. The molecule has 1 atom stereocenters. The van der Waals surface area contributed by atoms with E-state index in [2.05, 4.69) is 57.9 Å². The zero-order valence-corrected chi connectivity index (χ0v) is 12.7. The van der Waals surface area contributed by atoms with E-state index in [0.717, 1.165) is 30.5 Å². The van der Waals surface area contributed by atoms with Crippen molar-refractivity contribution in [1.29, 1.82) is 0 Å². The topological polar surface area (TPSA) is 26.7 Å². The quantitative estimate of drug-likeness (QED) is 0.907. The lowest BCUT2D eigenvalue weighted by atomic mass is 10.2. The fourth-order valence-corrected chi connectivity index (χ4v) is 3.21. The first-order valence-corrected chi connectivity index (χ1v) is 7.23. The number of anilines is 1. The van der Waals surface area contributed by atoms with E-state index in [0.29, 0.717) is 0 Å². The highest BCUT2D eigenvalue weighted by atomic mass is 79.9. The second-order valence-electron chi connectivity index (χ2n) is 5.07. The molecule has 1 heterocycles. The number of nitrogens with zero attached hydrogens (tertiary/aromatic N) is 2. The summed E-state index contributed by atoms with van der Waals surface area (Å²) in [6.45, 7) is 5.29. The number of hydrogen-bond acceptors (Lipinski definition) is 3. The minimum atomic E-state index is 0.219. The fourth-order valence-electron chi connectivity index (χ4n) is 2.46. The Morgan fingerprint density at radius 3 is 2.83 bits per heavy atom. The van der Waals surface area contributed by atoms with Gasteiger partial charge in [0, 0.05) is 23.6 Å². The Hall–Kier alpha value is -0.580. The summed E-state index contributed by atoms with van der Waals surface area (Å²) in [7, 11) is 2.09. The van der Waals surface area contributed by atoms with Crippen molar-refractivity contribution in [2.45, 2.75) is 19.4 Å². The van der Waals surface area contributed by atoms with Gasteiger partial charge in [0.25, 0.3) is 0 Å². The number of aliphatic hydroxyl groups excluding tert-OH is 1. The second-order valence-corrected chi connectivity index (χ2v) is 5.93. The molecule has 1 aromatic rings. The van der Waals surface area contributed by atoms with Gasteiger partial charge in [0.1, 0.15) is 0 Å². The maximum atomic E-state index is 9.48. The van der Waals surface area contributed by atoms with Crippen LogP contribution in [-0.2, 0) is 0 Å². The Balaban J connectivity index is 2.21. The lowest BCUT2D eigenvalue weighted by Gasteiger charge is -2.29. The van der Waals surface area contributed by atoms with Gasteiger partial charge in [-0.1, -0.05) is 6.07 Å². The van der Waals surface area contributed by atoms with Crippen LogP contribution in [-0.4, -0.2) is 49.3 Å². The molecule has 1 aliphatic rings. The molecule has 0 aliphatic carbocycles. The van der Waals surface area contributed by atoms with Gasteiger partial charge in [0.15, 0.2) is 0 Å². The molecule has 1 aliphatic heterocycles. The molecule has 1 unspecified atom stereocenters. The summed E-state index contributed by atoms with van der Waals surface area (Å²) in [6.07, 6.45) is 1.13. The average molecular weight is 313 g/mol. The molecule has 1 aromatic carbocycles. The van der Waals surface area contributed by atoms with Crippen LogP contribution in [0, 0.1) is 6.92 Å². The molecule has 2 rings (SSSR count). The highest BCUT2D eigenvalue weighted by Gasteiger charge is 2.22. The molecular weight excluding hydrogens is 292 g/mol. The van der Waals surface area contributed by atoms with E-state index in [-0.39, 0.29) is 12.6 Å². The van der Waals surface area contributed by atoms with Gasteiger partial charge in [-0.15, -0.1) is 0 Å². The Morgan fingerprint density at radius 1 is 1.39 bits per heavy atom. The number of hydrogen-bond donors (Lipinski definition) is 1. The minimum Gasteiger partial charge on any atom is -0.395 e. The fraction of sp³-hybridized carbons (Fsp3) is 0.571. The smallest absolute Gasteiger partial charge is 0.0603 e. The number of rotatable bonds is 2. The van der Waals surface area contributed by atoms with E-state index >= 15 is 0 Å². The normalized spacial score (nSPS) is 22.0. The number of likely N-dealkylation sites (N-methyl/N-ethyl adjacent to an activating group) is 1. The van der Waals surface area contributed by atoms with E-state index in [1.165, 1.54) is 11.3 Å². The molecule has 1 saturated heterocycles. The summed E-state index contributed by atoms with van der Waals surface area (Å²) in [4.78, 5) is 4.62. The molecule has 100 valence electrons. The van der Waals surface area contributed by atoms with Crippen molar-refractivity contribution < 1.29 is 5.11 Å². The summed E-state index contributed by atoms with van der Waals surface area (Å²) < 4.78 is 1.14. The third-order valence-corrected chi connectivity index (χ3v) is 4.28. The number of halogens is 1. The maximum absolute atomic E-state index is 9.48. The molecule has 3 nitrogen and oxygen atoms in total. The van der Waals surface area contributed by atoms with Crippen molar-refractivity contribution >= 4 is 21.6 Å². The summed E-state index contributed by atoms with van der Waals surface area (Å²) in [6, 6.07) is 6.68. The van der Waals surface area contributed by atoms with Crippen LogP contribution in [0.2, 0.25) is 0 Å². The third kappa shape index (κ3) is 3.05. The molecular formula is C14H21BrN2O. The van der Waals surface area contributed by atoms with Crippen molar-refractivity contribution in [3.05, 3.63) is 28.2 Å². The molecule has 0 saturated carbocycles. The van der Waals surface area contributed by atoms with Gasteiger partial charge in [-0.05, 0) is 60.6 Å². The first-order chi connectivity index (χ1) is 8.61. The van der Waals surface area contributed by atoms with Crippen molar-refractivity contribution in [2.24, 2.45) is 0 Å². The van der Waals surface area contributed by atoms with Crippen LogP contribution in [0.1, 0.15) is 12.0 Å². The Kier molecular flexibility index (Phi) is 4.65. The van der Waals surface area contributed by atoms with Crippen molar-refractivity contribution in [1.82, 2.24) is 4.90 Å². The van der Waals surface area contributed by atoms with Crippen LogP contribution in [0.25, 0.3) is 0 Å². The van der Waals surface area contributed by atoms with Gasteiger partial charge >= 0.3 is 0 Å². The molecule has 1 fully saturated rings. The van der Waals surface area contributed by atoms with Gasteiger partial charge in [0.05, 0.1) is 12.3 Å². The number of aryl methyl sites for hydroxylation is 1. The lowest BCUT2D eigenvalue weighted by Crippen LogP contribution is -2.41. The van der Waals surface area contributed by atoms with Gasteiger partial charge in [-0.25, -0.2) is 0 Å². The van der Waals surface area contributed by atoms with Gasteiger partial charge in [0.2, 0.25) is 0 Å². The third-order valence-electron chi connectivity index (χ3n) is 3.65. The van der Waals surface area contributed by atoms with Gasteiger partial charge < -0.3 is 10.0 Å². The molecule has 1 N–H and O–H groups in total. The predicted molar refractivity (Wildman–Crippen MR) is 79.2 cm³/mol. The molecule has 0 radical (unpaired) electrons. The standard InChI is InChI=1S/C14H21BrN2O/c1-11-4-5-14(13(15)8-11)17-7-3-6-16(2)12(9-17)10-18/h4-5,8,12,18H,3,6-7,9-10H2,1-2H3. The molecule has 0 spiro atoms. The van der Waals surface area contributed by atoms with E-state index in [9.17, 15) is 5.11 Å². The number of aliphatic hydroxyl groups is 1. The molecule has 18 heavy (non-hydrogen) atoms. The Bertz CT molecular complexity index is 411. The zero-order valence-electron chi connectivity index (χ0n) is 11.1. The Labute approximate surface area is 118 Å². The van der Waals surface area contributed by atoms with Crippen LogP contribution in [0.15, 0.2) is 22.7 Å². The van der Waals surface area contributed by atoms with Crippen LogP contribution in [0.4, 0.5) is 5.69 Å². The first-order valence-electron chi connectivity index (χ1n) is 6.44. The molecule has 0 amide bonds. The highest BCUT2D eigenvalue weighted by molar-refractivity contribution is 9.10. The predicted octanol–water partition coefficient (Wildman–Crippen LogP) is 2.26. The average Bonchev–Trinajstić information content (AvgIpc) is 2.51. The van der Waals surface area contributed by atoms with Crippen LogP contribution in [0.5, 0.6) is 0 Å². The van der Waals surface area contributed by atoms with E-state index in [1.807, 2.05) is 0 Å². The van der Waals surface area contributed by atoms with E-state index in [1.54, 1.807) is 0 Å². The number of benzene rings is 1. The maximum Gasteiger partial charge on any atom is 0.0603 e.